The minimum Gasteiger partial charge on any atom is -0.370 e. The van der Waals surface area contributed by atoms with E-state index in [-0.39, 0.29) is 0 Å². The lowest BCUT2D eigenvalue weighted by molar-refractivity contribution is 1.04. The Labute approximate surface area is 109 Å². The highest BCUT2D eigenvalue weighted by Crippen LogP contribution is 2.18. The van der Waals surface area contributed by atoms with Gasteiger partial charge in [-0.1, -0.05) is 54.6 Å². The van der Waals surface area contributed by atoms with E-state index in [1.807, 2.05) is 6.07 Å². The van der Waals surface area contributed by atoms with Crippen molar-refractivity contribution in [2.75, 3.05) is 18.5 Å². The van der Waals surface area contributed by atoms with Gasteiger partial charge in [-0.3, -0.25) is 0 Å². The number of nitrogens with zero attached hydrogens (tertiary/aromatic N) is 1. The molecule has 2 aromatic carbocycles. The van der Waals surface area contributed by atoms with E-state index >= 15 is 0 Å². The first-order chi connectivity index (χ1) is 8.66. The number of hydrogen-bond acceptors (Lipinski definition) is 1. The third-order valence-corrected chi connectivity index (χ3v) is 3.08. The number of rotatable bonds is 4. The van der Waals surface area contributed by atoms with Crippen LogP contribution >= 0.6 is 0 Å². The number of likely N-dealkylation sites (N-methyl/N-ethyl adjacent to an activating group) is 1. The molecule has 0 N–H and O–H groups in total. The van der Waals surface area contributed by atoms with Crippen molar-refractivity contribution >= 4 is 11.3 Å². The van der Waals surface area contributed by atoms with Crippen molar-refractivity contribution in [3.05, 3.63) is 72.3 Å². The molecular formula is C17H19N. The largest absolute Gasteiger partial charge is 0.370 e. The molecule has 2 aromatic rings. The lowest BCUT2D eigenvalue weighted by Crippen LogP contribution is -2.19. The Hall–Kier alpha value is -2.02. The number of hydrogen-bond donors (Lipinski definition) is 0. The predicted octanol–water partition coefficient (Wildman–Crippen LogP) is 4.14. The third kappa shape index (κ3) is 3.01. The van der Waals surface area contributed by atoms with Gasteiger partial charge >= 0.3 is 0 Å². The zero-order chi connectivity index (χ0) is 13.0. The van der Waals surface area contributed by atoms with Crippen LogP contribution in [0.25, 0.3) is 5.57 Å². The van der Waals surface area contributed by atoms with Gasteiger partial charge < -0.3 is 4.90 Å². The second-order valence-corrected chi connectivity index (χ2v) is 4.66. The van der Waals surface area contributed by atoms with E-state index in [9.17, 15) is 0 Å². The van der Waals surface area contributed by atoms with Gasteiger partial charge in [0.2, 0.25) is 0 Å². The summed E-state index contributed by atoms with van der Waals surface area (Å²) in [6.45, 7) is 7.12. The van der Waals surface area contributed by atoms with E-state index in [1.165, 1.54) is 16.8 Å². The maximum Gasteiger partial charge on any atom is 0.0426 e. The summed E-state index contributed by atoms with van der Waals surface area (Å²) < 4.78 is 0. The molecule has 0 bridgehead atoms. The average molecular weight is 237 g/mol. The SMILES string of the molecule is C=C(CN(C)c1ccccc1)c1ccc(C)cc1. The van der Waals surface area contributed by atoms with Crippen LogP contribution < -0.4 is 4.90 Å². The summed E-state index contributed by atoms with van der Waals surface area (Å²) in [7, 11) is 2.09. The molecule has 0 aliphatic carbocycles. The number of anilines is 1. The van der Waals surface area contributed by atoms with Gasteiger partial charge in [-0.05, 0) is 30.2 Å². The van der Waals surface area contributed by atoms with E-state index in [0.717, 1.165) is 12.1 Å². The van der Waals surface area contributed by atoms with Crippen LogP contribution in [0.4, 0.5) is 5.69 Å². The average Bonchev–Trinajstić information content (AvgIpc) is 2.40. The second-order valence-electron chi connectivity index (χ2n) is 4.66. The van der Waals surface area contributed by atoms with Gasteiger partial charge in [-0.15, -0.1) is 0 Å². The van der Waals surface area contributed by atoms with Gasteiger partial charge in [0.15, 0.2) is 0 Å². The Bertz CT molecular complexity index is 511. The standard InChI is InChI=1S/C17H19N/c1-14-9-11-16(12-10-14)15(2)13-18(3)17-7-5-4-6-8-17/h4-12H,2,13H2,1,3H3. The zero-order valence-corrected chi connectivity index (χ0v) is 11.1. The van der Waals surface area contributed by atoms with Crippen molar-refractivity contribution in [3.8, 4) is 0 Å². The highest BCUT2D eigenvalue weighted by molar-refractivity contribution is 5.68. The summed E-state index contributed by atoms with van der Waals surface area (Å²) in [4.78, 5) is 2.21. The van der Waals surface area contributed by atoms with E-state index in [2.05, 4.69) is 74.0 Å². The summed E-state index contributed by atoms with van der Waals surface area (Å²) in [5, 5.41) is 0. The van der Waals surface area contributed by atoms with Crippen molar-refractivity contribution < 1.29 is 0 Å². The zero-order valence-electron chi connectivity index (χ0n) is 11.1. The molecule has 0 atom stereocenters. The molecule has 0 aliphatic heterocycles. The fourth-order valence-corrected chi connectivity index (χ4v) is 1.94. The van der Waals surface area contributed by atoms with Crippen molar-refractivity contribution in [1.29, 1.82) is 0 Å². The van der Waals surface area contributed by atoms with Gasteiger partial charge in [0, 0.05) is 19.3 Å². The molecular weight excluding hydrogens is 218 g/mol. The predicted molar refractivity (Wildman–Crippen MR) is 79.9 cm³/mol. The molecule has 0 spiro atoms. The molecule has 1 heteroatoms. The molecule has 2 rings (SSSR count). The molecule has 18 heavy (non-hydrogen) atoms. The topological polar surface area (TPSA) is 3.24 Å². The van der Waals surface area contributed by atoms with Gasteiger partial charge in [-0.25, -0.2) is 0 Å². The molecule has 0 heterocycles. The summed E-state index contributed by atoms with van der Waals surface area (Å²) in [6.07, 6.45) is 0. The molecule has 1 nitrogen and oxygen atoms in total. The van der Waals surface area contributed by atoms with Gasteiger partial charge in [-0.2, -0.15) is 0 Å². The lowest BCUT2D eigenvalue weighted by Gasteiger charge is -2.20. The van der Waals surface area contributed by atoms with Gasteiger partial charge in [0.1, 0.15) is 0 Å². The van der Waals surface area contributed by atoms with Crippen LogP contribution in [-0.4, -0.2) is 13.6 Å². The Morgan fingerprint density at radius 2 is 1.61 bits per heavy atom. The fourth-order valence-electron chi connectivity index (χ4n) is 1.94. The van der Waals surface area contributed by atoms with Crippen LogP contribution in [-0.2, 0) is 0 Å². The van der Waals surface area contributed by atoms with Crippen LogP contribution in [0.1, 0.15) is 11.1 Å². The monoisotopic (exact) mass is 237 g/mol. The summed E-state index contributed by atoms with van der Waals surface area (Å²) >= 11 is 0. The molecule has 0 aliphatic rings. The van der Waals surface area contributed by atoms with E-state index in [4.69, 9.17) is 0 Å². The molecule has 0 saturated heterocycles. The first-order valence-corrected chi connectivity index (χ1v) is 6.18. The Morgan fingerprint density at radius 1 is 1.00 bits per heavy atom. The number of para-hydroxylation sites is 1. The number of aryl methyl sites for hydroxylation is 1. The van der Waals surface area contributed by atoms with Gasteiger partial charge in [0.25, 0.3) is 0 Å². The van der Waals surface area contributed by atoms with Crippen molar-refractivity contribution in [3.63, 3.8) is 0 Å². The van der Waals surface area contributed by atoms with Crippen molar-refractivity contribution in [1.82, 2.24) is 0 Å². The summed E-state index contributed by atoms with van der Waals surface area (Å²) in [5.74, 6) is 0. The number of benzene rings is 2. The van der Waals surface area contributed by atoms with Crippen LogP contribution in [0.15, 0.2) is 61.2 Å². The maximum absolute atomic E-state index is 4.18. The molecule has 0 radical (unpaired) electrons. The fraction of sp³-hybridized carbons (Fsp3) is 0.176. The quantitative estimate of drug-likeness (QED) is 0.772. The van der Waals surface area contributed by atoms with Crippen molar-refractivity contribution in [2.45, 2.75) is 6.92 Å². The Morgan fingerprint density at radius 3 is 2.22 bits per heavy atom. The maximum atomic E-state index is 4.18. The third-order valence-electron chi connectivity index (χ3n) is 3.08. The molecule has 0 aromatic heterocycles. The highest BCUT2D eigenvalue weighted by atomic mass is 15.1. The smallest absolute Gasteiger partial charge is 0.0426 e. The highest BCUT2D eigenvalue weighted by Gasteiger charge is 2.04. The normalized spacial score (nSPS) is 10.1. The van der Waals surface area contributed by atoms with Crippen LogP contribution in [0, 0.1) is 6.92 Å². The molecule has 0 fully saturated rings. The minimum atomic E-state index is 0.840. The van der Waals surface area contributed by atoms with E-state index < -0.39 is 0 Å². The van der Waals surface area contributed by atoms with Crippen LogP contribution in [0.5, 0.6) is 0 Å². The van der Waals surface area contributed by atoms with E-state index in [1.54, 1.807) is 0 Å². The summed E-state index contributed by atoms with van der Waals surface area (Å²) in [5.41, 5.74) is 4.85. The molecule has 0 saturated carbocycles. The Kier molecular flexibility index (Phi) is 3.83. The van der Waals surface area contributed by atoms with Crippen LogP contribution in [0.2, 0.25) is 0 Å². The van der Waals surface area contributed by atoms with Crippen LogP contribution in [0.3, 0.4) is 0 Å². The molecule has 0 unspecified atom stereocenters. The first kappa shape index (κ1) is 12.4. The minimum absolute atomic E-state index is 0.840. The first-order valence-electron chi connectivity index (χ1n) is 6.18. The second kappa shape index (κ2) is 5.54. The van der Waals surface area contributed by atoms with Crippen molar-refractivity contribution in [2.24, 2.45) is 0 Å². The van der Waals surface area contributed by atoms with E-state index in [0.29, 0.717) is 0 Å². The Balaban J connectivity index is 2.06. The van der Waals surface area contributed by atoms with Gasteiger partial charge in [0.05, 0.1) is 0 Å². The summed E-state index contributed by atoms with van der Waals surface area (Å²) in [6, 6.07) is 18.9. The molecule has 92 valence electrons. The lowest BCUT2D eigenvalue weighted by atomic mass is 10.1. The molecule has 0 amide bonds.